The van der Waals surface area contributed by atoms with E-state index in [1.54, 1.807) is 6.20 Å². The van der Waals surface area contributed by atoms with Gasteiger partial charge >= 0.3 is 0 Å². The van der Waals surface area contributed by atoms with Crippen molar-refractivity contribution >= 4 is 22.5 Å². The van der Waals surface area contributed by atoms with Gasteiger partial charge in [-0.2, -0.15) is 10.4 Å². The molecule has 3 heterocycles. The van der Waals surface area contributed by atoms with Gasteiger partial charge in [0.25, 0.3) is 0 Å². The molecule has 0 saturated carbocycles. The average Bonchev–Trinajstić information content (AvgIpc) is 3.36. The van der Waals surface area contributed by atoms with E-state index in [1.807, 2.05) is 48.5 Å². The van der Waals surface area contributed by atoms with E-state index < -0.39 is 0 Å². The molecule has 4 aromatic rings. The molecule has 0 spiro atoms. The quantitative estimate of drug-likeness (QED) is 0.579. The Morgan fingerprint density at radius 3 is 2.73 bits per heavy atom. The maximum atomic E-state index is 10.0. The average molecular weight is 340 g/mol. The molecule has 124 valence electrons. The molecule has 1 aliphatic heterocycles. The zero-order valence-electron chi connectivity index (χ0n) is 13.5. The topological polar surface area (TPSA) is 103 Å². The van der Waals surface area contributed by atoms with Crippen LogP contribution in [0.5, 0.6) is 0 Å². The second kappa shape index (κ2) is 5.57. The van der Waals surface area contributed by atoms with E-state index in [0.29, 0.717) is 22.4 Å². The highest BCUT2D eigenvalue weighted by molar-refractivity contribution is 5.89. The van der Waals surface area contributed by atoms with Crippen LogP contribution in [0, 0.1) is 11.3 Å². The Balaban J connectivity index is 1.81. The molecule has 0 radical (unpaired) electrons. The summed E-state index contributed by atoms with van der Waals surface area (Å²) >= 11 is 0. The molecule has 7 nitrogen and oxygen atoms in total. The molecule has 0 aliphatic carbocycles. The highest BCUT2D eigenvalue weighted by atomic mass is 16.6. The fraction of sp³-hybridized carbons (Fsp3) is 0.0526. The maximum Gasteiger partial charge on any atom is 0.156 e. The highest BCUT2D eigenvalue weighted by Gasteiger charge is 2.33. The lowest BCUT2D eigenvalue weighted by atomic mass is 9.81. The van der Waals surface area contributed by atoms with E-state index in [1.165, 1.54) is 0 Å². The first-order valence-corrected chi connectivity index (χ1v) is 8.08. The van der Waals surface area contributed by atoms with Gasteiger partial charge in [-0.15, -0.1) is 0 Å². The lowest BCUT2D eigenvalue weighted by Gasteiger charge is -2.26. The summed E-state index contributed by atoms with van der Waals surface area (Å²) in [6.07, 6.45) is 1.80. The summed E-state index contributed by atoms with van der Waals surface area (Å²) in [5.74, 6) is 0.377. The molecule has 2 N–H and O–H groups in total. The summed E-state index contributed by atoms with van der Waals surface area (Å²) in [7, 11) is 0. The summed E-state index contributed by atoms with van der Waals surface area (Å²) in [4.78, 5) is 0. The van der Waals surface area contributed by atoms with E-state index in [9.17, 15) is 5.26 Å². The Kier molecular flexibility index (Phi) is 3.09. The van der Waals surface area contributed by atoms with E-state index in [2.05, 4.69) is 31.9 Å². The number of hydrogen-bond acceptors (Lipinski definition) is 6. The van der Waals surface area contributed by atoms with Crippen molar-refractivity contribution in [1.82, 2.24) is 20.5 Å². The Morgan fingerprint density at radius 1 is 1.00 bits per heavy atom. The van der Waals surface area contributed by atoms with E-state index in [-0.39, 0.29) is 5.92 Å². The lowest BCUT2D eigenvalue weighted by Crippen LogP contribution is -2.17. The maximum absolute atomic E-state index is 10.0. The largest absolute Gasteiger partial charge is 0.337 e. The third-order valence-electron chi connectivity index (χ3n) is 4.59. The van der Waals surface area contributed by atoms with Crippen molar-refractivity contribution in [3.63, 3.8) is 0 Å². The molecule has 2 aromatic heterocycles. The number of anilines is 1. The molecule has 0 saturated heterocycles. The van der Waals surface area contributed by atoms with Crippen LogP contribution in [0.4, 0.5) is 5.82 Å². The number of rotatable bonds is 2. The van der Waals surface area contributed by atoms with Crippen molar-refractivity contribution in [3.05, 3.63) is 77.0 Å². The minimum Gasteiger partial charge on any atom is -0.337 e. The highest BCUT2D eigenvalue weighted by Crippen LogP contribution is 2.44. The second-order valence-corrected chi connectivity index (χ2v) is 5.99. The minimum absolute atomic E-state index is 0.319. The summed E-state index contributed by atoms with van der Waals surface area (Å²) in [5.41, 5.74) is 5.31. The SMILES string of the molecule is N#CC1=C(c2ccccc2)Nc2n[nH]cc2C1c1cccc2nonc12. The number of hydrogen-bond donors (Lipinski definition) is 2. The number of aromatic nitrogens is 4. The van der Waals surface area contributed by atoms with Crippen molar-refractivity contribution in [2.45, 2.75) is 5.92 Å². The normalized spacial score (nSPS) is 16.2. The van der Waals surface area contributed by atoms with Crippen LogP contribution in [0.1, 0.15) is 22.6 Å². The molecule has 5 rings (SSSR count). The Hall–Kier alpha value is -3.92. The van der Waals surface area contributed by atoms with Crippen LogP contribution in [0.25, 0.3) is 16.7 Å². The van der Waals surface area contributed by atoms with Crippen molar-refractivity contribution < 1.29 is 4.63 Å². The van der Waals surface area contributed by atoms with E-state index >= 15 is 0 Å². The number of nitrogens with zero attached hydrogens (tertiary/aromatic N) is 4. The van der Waals surface area contributed by atoms with Gasteiger partial charge in [0.15, 0.2) is 5.82 Å². The van der Waals surface area contributed by atoms with Crippen molar-refractivity contribution in [2.24, 2.45) is 0 Å². The molecule has 0 amide bonds. The van der Waals surface area contributed by atoms with E-state index in [0.717, 1.165) is 22.4 Å². The van der Waals surface area contributed by atoms with Crippen molar-refractivity contribution in [3.8, 4) is 6.07 Å². The number of fused-ring (bicyclic) bond motifs is 2. The molecule has 1 aliphatic rings. The fourth-order valence-electron chi connectivity index (χ4n) is 3.44. The predicted molar refractivity (Wildman–Crippen MR) is 94.8 cm³/mol. The van der Waals surface area contributed by atoms with Crippen LogP contribution < -0.4 is 5.32 Å². The van der Waals surface area contributed by atoms with Crippen LogP contribution in [0.15, 0.2) is 64.9 Å². The second-order valence-electron chi connectivity index (χ2n) is 5.99. The van der Waals surface area contributed by atoms with Gasteiger partial charge in [-0.3, -0.25) is 5.10 Å². The van der Waals surface area contributed by atoms with Crippen LogP contribution in [-0.4, -0.2) is 20.5 Å². The zero-order chi connectivity index (χ0) is 17.5. The first-order valence-electron chi connectivity index (χ1n) is 8.08. The first-order chi connectivity index (χ1) is 12.9. The summed E-state index contributed by atoms with van der Waals surface area (Å²) in [6.45, 7) is 0. The molecule has 2 aromatic carbocycles. The smallest absolute Gasteiger partial charge is 0.156 e. The van der Waals surface area contributed by atoms with Crippen molar-refractivity contribution in [2.75, 3.05) is 5.32 Å². The van der Waals surface area contributed by atoms with Crippen LogP contribution in [-0.2, 0) is 0 Å². The molecule has 0 fully saturated rings. The number of H-pyrrole nitrogens is 1. The molecule has 1 atom stereocenters. The van der Waals surface area contributed by atoms with Crippen LogP contribution >= 0.6 is 0 Å². The van der Waals surface area contributed by atoms with Crippen LogP contribution in [0.2, 0.25) is 0 Å². The lowest BCUT2D eigenvalue weighted by molar-refractivity contribution is 0.315. The minimum atomic E-state index is -0.319. The Labute approximate surface area is 147 Å². The van der Waals surface area contributed by atoms with Gasteiger partial charge in [0.2, 0.25) is 0 Å². The van der Waals surface area contributed by atoms with Gasteiger partial charge in [0.05, 0.1) is 23.3 Å². The number of benzene rings is 2. The zero-order valence-corrected chi connectivity index (χ0v) is 13.5. The summed E-state index contributed by atoms with van der Waals surface area (Å²) in [6, 6.07) is 17.8. The van der Waals surface area contributed by atoms with Gasteiger partial charge < -0.3 is 5.32 Å². The van der Waals surface area contributed by atoms with E-state index in [4.69, 9.17) is 4.63 Å². The van der Waals surface area contributed by atoms with Gasteiger partial charge in [-0.05, 0) is 27.5 Å². The fourth-order valence-corrected chi connectivity index (χ4v) is 3.44. The van der Waals surface area contributed by atoms with Crippen LogP contribution in [0.3, 0.4) is 0 Å². The summed E-state index contributed by atoms with van der Waals surface area (Å²) in [5, 5.41) is 28.5. The Bertz CT molecular complexity index is 1180. The molecule has 1 unspecified atom stereocenters. The molecule has 7 heteroatoms. The molecular weight excluding hydrogens is 328 g/mol. The summed E-state index contributed by atoms with van der Waals surface area (Å²) < 4.78 is 4.91. The Morgan fingerprint density at radius 2 is 1.88 bits per heavy atom. The molecule has 0 bridgehead atoms. The molecule has 26 heavy (non-hydrogen) atoms. The number of allylic oxidation sites excluding steroid dienone is 1. The molecular formula is C19H12N6O. The number of nitrogens with one attached hydrogen (secondary N) is 2. The third-order valence-corrected chi connectivity index (χ3v) is 4.59. The van der Waals surface area contributed by atoms with Gasteiger partial charge in [-0.25, -0.2) is 4.63 Å². The monoisotopic (exact) mass is 340 g/mol. The number of aromatic amines is 1. The first kappa shape index (κ1) is 14.4. The third kappa shape index (κ3) is 2.03. The predicted octanol–water partition coefficient (Wildman–Crippen LogP) is 3.44. The number of nitriles is 1. The van der Waals surface area contributed by atoms with Gasteiger partial charge in [-0.1, -0.05) is 42.5 Å². The van der Waals surface area contributed by atoms with Gasteiger partial charge in [0, 0.05) is 11.8 Å². The van der Waals surface area contributed by atoms with Gasteiger partial charge in [0.1, 0.15) is 11.0 Å². The van der Waals surface area contributed by atoms with Crippen molar-refractivity contribution in [1.29, 1.82) is 5.26 Å². The standard InChI is InChI=1S/C19H12N6O/c20-9-13-16(12-7-4-8-15-18(12)25-26-24-15)14-10-21-23-19(14)22-17(13)11-5-2-1-3-6-11/h1-8,10,16H,(H2,21,22,23).